The van der Waals surface area contributed by atoms with Crippen LogP contribution in [0.4, 0.5) is 11.6 Å². The van der Waals surface area contributed by atoms with Gasteiger partial charge >= 0.3 is 0 Å². The van der Waals surface area contributed by atoms with Crippen molar-refractivity contribution in [1.82, 2.24) is 19.5 Å². The molecule has 0 aliphatic heterocycles. The monoisotopic (exact) mass is 250 g/mol. The predicted octanol–water partition coefficient (Wildman–Crippen LogP) is 1.13. The molecule has 0 amide bonds. The van der Waals surface area contributed by atoms with Gasteiger partial charge < -0.3 is 15.6 Å². The largest absolute Gasteiger partial charge is 0.383 e. The van der Waals surface area contributed by atoms with Crippen molar-refractivity contribution in [3.63, 3.8) is 0 Å². The predicted molar refractivity (Wildman–Crippen MR) is 68.8 cm³/mol. The molecule has 2 heterocycles. The number of rotatable bonds is 4. The summed E-state index contributed by atoms with van der Waals surface area (Å²) in [5, 5.41) is 3.84. The minimum atomic E-state index is 0.465. The molecule has 2 aromatic rings. The summed E-state index contributed by atoms with van der Waals surface area (Å²) >= 11 is 1.46. The molecule has 0 saturated heterocycles. The van der Waals surface area contributed by atoms with E-state index in [1.54, 1.807) is 12.3 Å². The molecule has 17 heavy (non-hydrogen) atoms. The summed E-state index contributed by atoms with van der Waals surface area (Å²) in [6.45, 7) is 0.605. The van der Waals surface area contributed by atoms with Gasteiger partial charge in [0, 0.05) is 25.5 Å². The summed E-state index contributed by atoms with van der Waals surface area (Å²) in [6, 6.07) is 1.71. The SMILES string of the molecule is CSc1nc(N)cc(NCc2nccn2C)n1. The van der Waals surface area contributed by atoms with E-state index in [-0.39, 0.29) is 0 Å². The molecule has 0 aliphatic rings. The number of thioether (sulfide) groups is 1. The van der Waals surface area contributed by atoms with Crippen LogP contribution in [0.3, 0.4) is 0 Å². The zero-order chi connectivity index (χ0) is 12.3. The van der Waals surface area contributed by atoms with Crippen molar-refractivity contribution in [1.29, 1.82) is 0 Å². The summed E-state index contributed by atoms with van der Waals surface area (Å²) in [7, 11) is 1.95. The molecular weight excluding hydrogens is 236 g/mol. The third kappa shape index (κ3) is 2.88. The number of nitrogens with two attached hydrogens (primary N) is 1. The van der Waals surface area contributed by atoms with Crippen molar-refractivity contribution in [2.45, 2.75) is 11.7 Å². The van der Waals surface area contributed by atoms with E-state index in [1.165, 1.54) is 11.8 Å². The summed E-state index contributed by atoms with van der Waals surface area (Å²) in [4.78, 5) is 12.6. The first-order valence-electron chi connectivity index (χ1n) is 5.07. The number of aryl methyl sites for hydroxylation is 1. The van der Waals surface area contributed by atoms with Crippen molar-refractivity contribution in [2.75, 3.05) is 17.3 Å². The van der Waals surface area contributed by atoms with Crippen LogP contribution in [-0.4, -0.2) is 25.8 Å². The first-order valence-corrected chi connectivity index (χ1v) is 6.30. The smallest absolute Gasteiger partial charge is 0.191 e. The van der Waals surface area contributed by atoms with E-state index >= 15 is 0 Å². The number of imidazole rings is 1. The van der Waals surface area contributed by atoms with Crippen molar-refractivity contribution < 1.29 is 0 Å². The van der Waals surface area contributed by atoms with Crippen LogP contribution in [0.5, 0.6) is 0 Å². The van der Waals surface area contributed by atoms with E-state index in [4.69, 9.17) is 5.73 Å². The van der Waals surface area contributed by atoms with Gasteiger partial charge in [-0.3, -0.25) is 0 Å². The molecular formula is C10H14N6S. The summed E-state index contributed by atoms with van der Waals surface area (Å²) in [6.07, 6.45) is 5.58. The Bertz CT molecular complexity index is 509. The molecule has 0 unspecified atom stereocenters. The van der Waals surface area contributed by atoms with E-state index in [9.17, 15) is 0 Å². The van der Waals surface area contributed by atoms with Gasteiger partial charge in [-0.2, -0.15) is 0 Å². The van der Waals surface area contributed by atoms with Crippen molar-refractivity contribution in [3.8, 4) is 0 Å². The Kier molecular flexibility index (Phi) is 3.48. The van der Waals surface area contributed by atoms with Crippen LogP contribution in [0.15, 0.2) is 23.6 Å². The van der Waals surface area contributed by atoms with Crippen LogP contribution in [0.1, 0.15) is 5.82 Å². The lowest BCUT2D eigenvalue weighted by atomic mass is 10.5. The number of aromatic nitrogens is 4. The van der Waals surface area contributed by atoms with Gasteiger partial charge in [-0.15, -0.1) is 0 Å². The summed E-state index contributed by atoms with van der Waals surface area (Å²) < 4.78 is 1.95. The highest BCUT2D eigenvalue weighted by molar-refractivity contribution is 7.98. The molecule has 90 valence electrons. The van der Waals surface area contributed by atoms with E-state index < -0.39 is 0 Å². The molecule has 0 spiro atoms. The van der Waals surface area contributed by atoms with Gasteiger partial charge in [-0.05, 0) is 6.26 Å². The molecule has 0 radical (unpaired) electrons. The highest BCUT2D eigenvalue weighted by Crippen LogP contribution is 2.15. The van der Waals surface area contributed by atoms with Gasteiger partial charge in [0.1, 0.15) is 17.5 Å². The maximum atomic E-state index is 5.69. The molecule has 2 rings (SSSR count). The third-order valence-electron chi connectivity index (χ3n) is 2.26. The van der Waals surface area contributed by atoms with E-state index in [0.717, 1.165) is 5.82 Å². The Morgan fingerprint density at radius 2 is 2.29 bits per heavy atom. The fourth-order valence-corrected chi connectivity index (χ4v) is 1.75. The van der Waals surface area contributed by atoms with Crippen LogP contribution in [0.2, 0.25) is 0 Å². The second-order valence-electron chi connectivity index (χ2n) is 3.47. The second kappa shape index (κ2) is 5.05. The lowest BCUT2D eigenvalue weighted by molar-refractivity contribution is 0.808. The Morgan fingerprint density at radius 1 is 1.47 bits per heavy atom. The van der Waals surface area contributed by atoms with Gasteiger partial charge in [0.15, 0.2) is 5.16 Å². The molecule has 0 saturated carbocycles. The summed E-state index contributed by atoms with van der Waals surface area (Å²) in [5.41, 5.74) is 5.69. The van der Waals surface area contributed by atoms with Crippen molar-refractivity contribution in [3.05, 3.63) is 24.3 Å². The molecule has 0 atom stereocenters. The number of nitrogens with zero attached hydrogens (tertiary/aromatic N) is 4. The van der Waals surface area contributed by atoms with Gasteiger partial charge in [0.2, 0.25) is 0 Å². The standard InChI is InChI=1S/C10H14N6S/c1-16-4-3-12-9(16)6-13-8-5-7(11)14-10(15-8)17-2/h3-5H,6H2,1-2H3,(H3,11,13,14,15). The zero-order valence-corrected chi connectivity index (χ0v) is 10.5. The van der Waals surface area contributed by atoms with E-state index in [1.807, 2.05) is 24.1 Å². The number of nitrogen functional groups attached to an aromatic ring is 1. The van der Waals surface area contributed by atoms with Gasteiger partial charge in [0.05, 0.1) is 6.54 Å². The quantitative estimate of drug-likeness (QED) is 0.625. The van der Waals surface area contributed by atoms with E-state index in [2.05, 4.69) is 20.3 Å². The van der Waals surface area contributed by atoms with Gasteiger partial charge in [-0.25, -0.2) is 15.0 Å². The topological polar surface area (TPSA) is 81.6 Å². The highest BCUT2D eigenvalue weighted by Gasteiger charge is 2.03. The molecule has 0 fully saturated rings. The van der Waals surface area contributed by atoms with Crippen molar-refractivity contribution >= 4 is 23.4 Å². The Hall–Kier alpha value is -1.76. The second-order valence-corrected chi connectivity index (χ2v) is 4.25. The molecule has 7 heteroatoms. The number of anilines is 2. The number of hydrogen-bond acceptors (Lipinski definition) is 6. The molecule has 2 aromatic heterocycles. The Labute approximate surface area is 104 Å². The number of hydrogen-bond donors (Lipinski definition) is 2. The van der Waals surface area contributed by atoms with Gasteiger partial charge in [-0.1, -0.05) is 11.8 Å². The van der Waals surface area contributed by atoms with Crippen molar-refractivity contribution in [2.24, 2.45) is 7.05 Å². The lowest BCUT2D eigenvalue weighted by Gasteiger charge is -2.07. The molecule has 0 bridgehead atoms. The fourth-order valence-electron chi connectivity index (χ4n) is 1.36. The fraction of sp³-hybridized carbons (Fsp3) is 0.300. The molecule has 0 aromatic carbocycles. The molecule has 3 N–H and O–H groups in total. The van der Waals surface area contributed by atoms with Gasteiger partial charge in [0.25, 0.3) is 0 Å². The average molecular weight is 250 g/mol. The zero-order valence-electron chi connectivity index (χ0n) is 9.71. The van der Waals surface area contributed by atoms with Crippen LogP contribution in [0.25, 0.3) is 0 Å². The van der Waals surface area contributed by atoms with Crippen LogP contribution >= 0.6 is 11.8 Å². The van der Waals surface area contributed by atoms with E-state index in [0.29, 0.717) is 23.3 Å². The average Bonchev–Trinajstić information content (AvgIpc) is 2.71. The first kappa shape index (κ1) is 11.7. The Morgan fingerprint density at radius 3 is 2.94 bits per heavy atom. The van der Waals surface area contributed by atoms with Crippen LogP contribution < -0.4 is 11.1 Å². The van der Waals surface area contributed by atoms with Crippen LogP contribution in [-0.2, 0) is 13.6 Å². The normalized spacial score (nSPS) is 10.5. The minimum Gasteiger partial charge on any atom is -0.383 e. The summed E-state index contributed by atoms with van der Waals surface area (Å²) in [5.74, 6) is 2.12. The highest BCUT2D eigenvalue weighted by atomic mass is 32.2. The lowest BCUT2D eigenvalue weighted by Crippen LogP contribution is -2.08. The maximum Gasteiger partial charge on any atom is 0.191 e. The van der Waals surface area contributed by atoms with Crippen LogP contribution in [0, 0.1) is 0 Å². The third-order valence-corrected chi connectivity index (χ3v) is 2.80. The minimum absolute atomic E-state index is 0.465. The number of nitrogens with one attached hydrogen (secondary N) is 1. The maximum absolute atomic E-state index is 5.69. The first-order chi connectivity index (χ1) is 8.19. The Balaban J connectivity index is 2.09. The molecule has 0 aliphatic carbocycles. The molecule has 6 nitrogen and oxygen atoms in total.